The van der Waals surface area contributed by atoms with Gasteiger partial charge in [0.1, 0.15) is 5.75 Å². The van der Waals surface area contributed by atoms with Crippen LogP contribution in [0, 0.1) is 11.8 Å². The number of aromatic nitrogens is 2. The van der Waals surface area contributed by atoms with E-state index in [0.29, 0.717) is 24.4 Å². The Labute approximate surface area is 231 Å². The molecule has 2 aromatic rings. The van der Waals surface area contributed by atoms with E-state index in [0.717, 1.165) is 89.6 Å². The molecule has 1 N–H and O–H groups in total. The van der Waals surface area contributed by atoms with Crippen LogP contribution in [0.3, 0.4) is 0 Å². The summed E-state index contributed by atoms with van der Waals surface area (Å²) >= 11 is 0. The number of anilines is 1. The SMILES string of the molecule is CC(C)c1noc(N2CCC(COc3ccc(C4=CCC(C(=O)N5CCN(CCO)CC5)CC4)cc3)CC2)n1. The Bertz CT molecular complexity index is 1100. The van der Waals surface area contributed by atoms with E-state index in [-0.39, 0.29) is 18.4 Å². The first-order valence-electron chi connectivity index (χ1n) is 14.6. The lowest BCUT2D eigenvalue weighted by Crippen LogP contribution is -2.50. The summed E-state index contributed by atoms with van der Waals surface area (Å²) in [6, 6.07) is 9.07. The Kier molecular flexibility index (Phi) is 9.19. The number of piperidine rings is 1. The normalized spacial score (nSPS) is 21.3. The van der Waals surface area contributed by atoms with E-state index >= 15 is 0 Å². The zero-order valence-corrected chi connectivity index (χ0v) is 23.4. The fourth-order valence-corrected chi connectivity index (χ4v) is 5.77. The lowest BCUT2D eigenvalue weighted by atomic mass is 9.85. The lowest BCUT2D eigenvalue weighted by Gasteiger charge is -2.36. The molecule has 1 aliphatic carbocycles. The zero-order chi connectivity index (χ0) is 27.2. The first-order chi connectivity index (χ1) is 19.0. The number of carbonyl (C=O) groups is 1. The number of ether oxygens (including phenoxy) is 1. The Morgan fingerprint density at radius 1 is 1.08 bits per heavy atom. The van der Waals surface area contributed by atoms with Gasteiger partial charge in [-0.2, -0.15) is 4.98 Å². The van der Waals surface area contributed by atoms with Crippen molar-refractivity contribution in [1.29, 1.82) is 0 Å². The molecule has 3 heterocycles. The van der Waals surface area contributed by atoms with Crippen LogP contribution in [-0.2, 0) is 4.79 Å². The molecule has 3 aliphatic rings. The van der Waals surface area contributed by atoms with E-state index in [1.165, 1.54) is 11.1 Å². The van der Waals surface area contributed by atoms with Gasteiger partial charge in [0.2, 0.25) is 5.91 Å². The smallest absolute Gasteiger partial charge is 0.324 e. The molecule has 2 saturated heterocycles. The lowest BCUT2D eigenvalue weighted by molar-refractivity contribution is -0.137. The van der Waals surface area contributed by atoms with Crippen molar-refractivity contribution in [2.45, 2.75) is 51.9 Å². The predicted octanol–water partition coefficient (Wildman–Crippen LogP) is 3.81. The standard InChI is InChI=1S/C30H43N5O4/c1-22(2)28-31-30(39-32-28)35-13-11-23(12-14-35)21-38-27-9-7-25(8-10-27)24-3-5-26(6-4-24)29(37)34-17-15-33(16-18-34)19-20-36/h3,7-10,22-23,26,36H,4-6,11-21H2,1-2H3. The third-order valence-corrected chi connectivity index (χ3v) is 8.40. The summed E-state index contributed by atoms with van der Waals surface area (Å²) in [7, 11) is 0. The maximum atomic E-state index is 13.0. The third kappa shape index (κ3) is 7.00. The number of carbonyl (C=O) groups excluding carboxylic acids is 1. The molecule has 5 rings (SSSR count). The Morgan fingerprint density at radius 2 is 1.82 bits per heavy atom. The van der Waals surface area contributed by atoms with E-state index in [2.05, 4.69) is 64.1 Å². The molecule has 9 nitrogen and oxygen atoms in total. The minimum atomic E-state index is 0.0873. The van der Waals surface area contributed by atoms with Crippen LogP contribution in [0.15, 0.2) is 34.9 Å². The van der Waals surface area contributed by atoms with Crippen molar-refractivity contribution in [3.63, 3.8) is 0 Å². The number of nitrogens with zero attached hydrogens (tertiary/aromatic N) is 5. The quantitative estimate of drug-likeness (QED) is 0.516. The molecule has 212 valence electrons. The molecular weight excluding hydrogens is 494 g/mol. The molecule has 39 heavy (non-hydrogen) atoms. The van der Waals surface area contributed by atoms with Crippen molar-refractivity contribution in [3.05, 3.63) is 41.7 Å². The molecule has 1 aromatic carbocycles. The van der Waals surface area contributed by atoms with Crippen molar-refractivity contribution in [2.75, 3.05) is 63.9 Å². The summed E-state index contributed by atoms with van der Waals surface area (Å²) in [5.41, 5.74) is 2.55. The second kappa shape index (κ2) is 13.0. The summed E-state index contributed by atoms with van der Waals surface area (Å²) in [6.07, 6.45) is 6.99. The van der Waals surface area contributed by atoms with E-state index in [1.807, 2.05) is 4.90 Å². The van der Waals surface area contributed by atoms with Gasteiger partial charge in [0.15, 0.2) is 5.82 Å². The highest BCUT2D eigenvalue weighted by molar-refractivity contribution is 5.81. The molecule has 0 bridgehead atoms. The molecule has 1 unspecified atom stereocenters. The fourth-order valence-electron chi connectivity index (χ4n) is 5.77. The minimum absolute atomic E-state index is 0.0873. The monoisotopic (exact) mass is 537 g/mol. The number of aliphatic hydroxyl groups is 1. The van der Waals surface area contributed by atoms with Crippen molar-refractivity contribution >= 4 is 17.5 Å². The zero-order valence-electron chi connectivity index (χ0n) is 23.4. The largest absolute Gasteiger partial charge is 0.493 e. The molecule has 1 amide bonds. The number of rotatable bonds is 9. The topological polar surface area (TPSA) is 95.2 Å². The Morgan fingerprint density at radius 3 is 2.44 bits per heavy atom. The highest BCUT2D eigenvalue weighted by Gasteiger charge is 2.29. The van der Waals surface area contributed by atoms with E-state index in [1.54, 1.807) is 0 Å². The van der Waals surface area contributed by atoms with Crippen LogP contribution in [0.4, 0.5) is 6.01 Å². The van der Waals surface area contributed by atoms with Crippen LogP contribution in [0.25, 0.3) is 5.57 Å². The second-order valence-electron chi connectivity index (χ2n) is 11.4. The number of hydrogen-bond acceptors (Lipinski definition) is 8. The van der Waals surface area contributed by atoms with Crippen LogP contribution < -0.4 is 9.64 Å². The van der Waals surface area contributed by atoms with Gasteiger partial charge >= 0.3 is 6.01 Å². The highest BCUT2D eigenvalue weighted by Crippen LogP contribution is 2.32. The molecule has 1 aromatic heterocycles. The molecule has 2 fully saturated rings. The number of hydrogen-bond donors (Lipinski definition) is 1. The number of β-amino-alcohol motifs (C(OH)–C–C–N with tert-alkyl or cyclic N) is 1. The van der Waals surface area contributed by atoms with Crippen molar-refractivity contribution in [2.24, 2.45) is 11.8 Å². The molecule has 0 radical (unpaired) electrons. The van der Waals surface area contributed by atoms with Crippen LogP contribution in [-0.4, -0.2) is 90.0 Å². The molecular formula is C30H43N5O4. The number of aliphatic hydroxyl groups excluding tert-OH is 1. The summed E-state index contributed by atoms with van der Waals surface area (Å²) < 4.78 is 11.6. The van der Waals surface area contributed by atoms with Gasteiger partial charge in [-0.05, 0) is 61.3 Å². The van der Waals surface area contributed by atoms with Crippen LogP contribution in [0.1, 0.15) is 63.3 Å². The fraction of sp³-hybridized carbons (Fsp3) is 0.633. The van der Waals surface area contributed by atoms with E-state index < -0.39 is 0 Å². The predicted molar refractivity (Wildman–Crippen MR) is 151 cm³/mol. The van der Waals surface area contributed by atoms with Crippen molar-refractivity contribution < 1.29 is 19.2 Å². The van der Waals surface area contributed by atoms with Gasteiger partial charge in [-0.3, -0.25) is 9.69 Å². The maximum absolute atomic E-state index is 13.0. The van der Waals surface area contributed by atoms with E-state index in [4.69, 9.17) is 14.4 Å². The average Bonchev–Trinajstić information content (AvgIpc) is 3.48. The van der Waals surface area contributed by atoms with Crippen LogP contribution in [0.2, 0.25) is 0 Å². The Hall–Kier alpha value is -2.91. The molecule has 0 saturated carbocycles. The molecule has 0 spiro atoms. The van der Waals surface area contributed by atoms with Gasteiger partial charge in [0.25, 0.3) is 0 Å². The maximum Gasteiger partial charge on any atom is 0.324 e. The van der Waals surface area contributed by atoms with Crippen molar-refractivity contribution in [1.82, 2.24) is 19.9 Å². The second-order valence-corrected chi connectivity index (χ2v) is 11.4. The van der Waals surface area contributed by atoms with Gasteiger partial charge in [-0.25, -0.2) is 0 Å². The summed E-state index contributed by atoms with van der Waals surface area (Å²) in [4.78, 5) is 24.0. The number of benzene rings is 1. The highest BCUT2D eigenvalue weighted by atomic mass is 16.5. The summed E-state index contributed by atoms with van der Waals surface area (Å²) in [5.74, 6) is 2.84. The van der Waals surface area contributed by atoms with Crippen molar-refractivity contribution in [3.8, 4) is 5.75 Å². The van der Waals surface area contributed by atoms with Crippen LogP contribution >= 0.6 is 0 Å². The molecule has 1 atom stereocenters. The summed E-state index contributed by atoms with van der Waals surface area (Å²) in [6.45, 7) is 10.8. The minimum Gasteiger partial charge on any atom is -0.493 e. The number of amides is 1. The third-order valence-electron chi connectivity index (χ3n) is 8.40. The first kappa shape index (κ1) is 27.6. The van der Waals surface area contributed by atoms with E-state index in [9.17, 15) is 4.79 Å². The van der Waals surface area contributed by atoms with Gasteiger partial charge in [-0.15, -0.1) is 0 Å². The average molecular weight is 538 g/mol. The number of allylic oxidation sites excluding steroid dienone is 2. The number of piperazine rings is 1. The first-order valence-corrected chi connectivity index (χ1v) is 14.6. The Balaban J connectivity index is 1.04. The van der Waals surface area contributed by atoms with Gasteiger partial charge in [0.05, 0.1) is 13.2 Å². The van der Waals surface area contributed by atoms with Gasteiger partial charge in [-0.1, -0.05) is 37.2 Å². The van der Waals surface area contributed by atoms with Gasteiger partial charge < -0.3 is 24.2 Å². The molecule has 9 heteroatoms. The van der Waals surface area contributed by atoms with Crippen LogP contribution in [0.5, 0.6) is 5.75 Å². The molecule has 2 aliphatic heterocycles. The summed E-state index contributed by atoms with van der Waals surface area (Å²) in [5, 5.41) is 13.2. The van der Waals surface area contributed by atoms with Gasteiger partial charge in [0, 0.05) is 57.6 Å².